The second kappa shape index (κ2) is 34.5. The first-order valence-corrected chi connectivity index (χ1v) is 41.6. The number of H-pyrrole nitrogens is 4. The van der Waals surface area contributed by atoms with Crippen molar-refractivity contribution in [1.82, 2.24) is 138 Å². The molecule has 0 aliphatic heterocycles. The molecule has 3 saturated carbocycles. The topological polar surface area (TPSA) is 481 Å². The van der Waals surface area contributed by atoms with Gasteiger partial charge < -0.3 is 42.9 Å². The molecule has 120 heavy (non-hydrogen) atoms. The molecular formula is C84H98N32O4. The minimum atomic E-state index is -0.270. The molecule has 3 aliphatic rings. The number of nitrogen functional groups attached to an aromatic ring is 4. The monoisotopic (exact) mass is 1620 g/mol. The Hall–Kier alpha value is -13.7. The van der Waals surface area contributed by atoms with Crippen LogP contribution in [0.5, 0.6) is 0 Å². The van der Waals surface area contributed by atoms with E-state index in [4.69, 9.17) is 22.9 Å². The Morgan fingerprint density at radius 2 is 0.600 bits per heavy atom. The summed E-state index contributed by atoms with van der Waals surface area (Å²) in [5, 5.41) is 34.6. The molecule has 0 spiro atoms. The molecule has 12 N–H and O–H groups in total. The molecule has 3 fully saturated rings. The SMILES string of the molecule is Cc1nc(N)c2[nH]c(=O)n(Cc3ccc4c(c3)nnn4CCCC3CCC3)c2n1.Cc1nc(N)c2[nH]c(=O)n(Cc3ccc4c(c3)nnn4CCCC3CCC3)c2n1.Cc1nc(N)c2[nH]c(=O)n(Cc3ccc4c(c3)nnn4CCCCC3CCC3)c2n1.Cc1nc(N)c2[nH]c(=O)n(Cc3ccc4c(c3)nnn4CCCCc3ccccc3)c2n1. The highest BCUT2D eigenvalue weighted by molar-refractivity contribution is 5.85. The fourth-order valence-electron chi connectivity index (χ4n) is 16.4. The number of anilines is 4. The normalized spacial score (nSPS) is 13.8. The average Bonchev–Trinajstić information content (AvgIpc) is 1.64. The number of benzene rings is 5. The summed E-state index contributed by atoms with van der Waals surface area (Å²) in [6.07, 6.45) is 24.2. The van der Waals surface area contributed by atoms with Crippen molar-refractivity contribution < 1.29 is 0 Å². The third-order valence-corrected chi connectivity index (χ3v) is 23.5. The number of nitrogens with two attached hydrogens (primary N) is 4. The summed E-state index contributed by atoms with van der Waals surface area (Å²) < 4.78 is 14.2. The fraction of sp³-hybridized carbons (Fsp3) is 0.405. The number of aryl methyl sites for hydroxylation is 9. The number of aromatic nitrogens is 28. The molecule has 5 aromatic carbocycles. The molecule has 36 nitrogen and oxygen atoms in total. The van der Waals surface area contributed by atoms with E-state index in [-0.39, 0.29) is 46.0 Å². The maximum absolute atomic E-state index is 12.5. The van der Waals surface area contributed by atoms with Crippen LogP contribution < -0.4 is 45.7 Å². The lowest BCUT2D eigenvalue weighted by molar-refractivity contribution is 0.283. The minimum absolute atomic E-state index is 0.258. The molecule has 17 aromatic rings. The third kappa shape index (κ3) is 17.2. The number of nitrogens with one attached hydrogen (secondary N) is 4. The lowest BCUT2D eigenvalue weighted by Gasteiger charge is -2.24. The molecule has 0 amide bonds. The van der Waals surface area contributed by atoms with Crippen LogP contribution in [0.2, 0.25) is 0 Å². The number of hydrogen-bond acceptors (Lipinski definition) is 24. The first-order valence-electron chi connectivity index (χ1n) is 41.6. The van der Waals surface area contributed by atoms with Crippen molar-refractivity contribution in [3.63, 3.8) is 0 Å². The molecule has 3 aliphatic carbocycles. The summed E-state index contributed by atoms with van der Waals surface area (Å²) in [7, 11) is 0. The highest BCUT2D eigenvalue weighted by Crippen LogP contribution is 2.34. The number of rotatable bonds is 26. The Morgan fingerprint density at radius 3 is 0.883 bits per heavy atom. The van der Waals surface area contributed by atoms with E-state index in [1.165, 1.54) is 89.0 Å². The van der Waals surface area contributed by atoms with Crippen LogP contribution in [0.3, 0.4) is 0 Å². The van der Waals surface area contributed by atoms with Gasteiger partial charge in [-0.2, -0.15) is 0 Å². The predicted molar refractivity (Wildman–Crippen MR) is 459 cm³/mol. The van der Waals surface area contributed by atoms with Gasteiger partial charge in [0.15, 0.2) is 45.9 Å². The van der Waals surface area contributed by atoms with E-state index in [0.29, 0.717) is 94.1 Å². The van der Waals surface area contributed by atoms with Crippen LogP contribution in [0.4, 0.5) is 23.3 Å². The van der Waals surface area contributed by atoms with E-state index in [9.17, 15) is 19.2 Å². The van der Waals surface area contributed by atoms with Crippen molar-refractivity contribution in [2.24, 2.45) is 17.8 Å². The Morgan fingerprint density at radius 1 is 0.325 bits per heavy atom. The van der Waals surface area contributed by atoms with Crippen LogP contribution in [0.1, 0.15) is 167 Å². The van der Waals surface area contributed by atoms with Gasteiger partial charge in [-0.3, -0.25) is 18.3 Å². The average molecular weight is 1620 g/mol. The van der Waals surface area contributed by atoms with E-state index in [1.807, 2.05) is 97.6 Å². The second-order valence-electron chi connectivity index (χ2n) is 32.1. The van der Waals surface area contributed by atoms with Crippen molar-refractivity contribution >= 4 is 112 Å². The number of fused-ring (bicyclic) bond motifs is 8. The first kappa shape index (κ1) is 78.8. The molecule has 0 atom stereocenters. The van der Waals surface area contributed by atoms with Crippen molar-refractivity contribution in [3.8, 4) is 0 Å². The Balaban J connectivity index is 0.000000114. The van der Waals surface area contributed by atoms with Gasteiger partial charge in [0.05, 0.1) is 48.2 Å². The van der Waals surface area contributed by atoms with Gasteiger partial charge in [-0.15, -0.1) is 20.4 Å². The summed E-state index contributed by atoms with van der Waals surface area (Å²) in [6.45, 7) is 12.0. The van der Waals surface area contributed by atoms with Gasteiger partial charge >= 0.3 is 22.8 Å². The van der Waals surface area contributed by atoms with Gasteiger partial charge in [0, 0.05) is 26.2 Å². The number of aromatic amines is 4. The summed E-state index contributed by atoms with van der Waals surface area (Å²) >= 11 is 0. The lowest BCUT2D eigenvalue weighted by Crippen LogP contribution is -2.17. The van der Waals surface area contributed by atoms with Crippen molar-refractivity contribution in [2.75, 3.05) is 22.9 Å². The minimum Gasteiger partial charge on any atom is -0.382 e. The van der Waals surface area contributed by atoms with Gasteiger partial charge in [0.2, 0.25) is 0 Å². The first-order chi connectivity index (χ1) is 58.3. The molecule has 0 unspecified atom stereocenters. The van der Waals surface area contributed by atoms with E-state index in [0.717, 1.165) is 149 Å². The molecule has 20 rings (SSSR count). The molecular weight excluding hydrogens is 1520 g/mol. The molecule has 0 radical (unpaired) electrons. The quantitative estimate of drug-likeness (QED) is 0.0233. The Bertz CT molecular complexity index is 6630. The maximum Gasteiger partial charge on any atom is 0.328 e. The molecule has 618 valence electrons. The summed E-state index contributed by atoms with van der Waals surface area (Å²) in [4.78, 5) is 94.8. The van der Waals surface area contributed by atoms with Gasteiger partial charge in [-0.1, -0.05) is 146 Å². The zero-order valence-corrected chi connectivity index (χ0v) is 67.8. The molecule has 12 heterocycles. The van der Waals surface area contributed by atoms with E-state index in [1.54, 1.807) is 46.0 Å². The molecule has 36 heteroatoms. The Kier molecular flexibility index (Phi) is 22.6. The van der Waals surface area contributed by atoms with Gasteiger partial charge in [-0.05, 0) is 173 Å². The largest absolute Gasteiger partial charge is 0.382 e. The molecule has 0 bridgehead atoms. The number of nitrogens with zero attached hydrogens (tertiary/aromatic N) is 24. The number of hydrogen-bond donors (Lipinski definition) is 8. The van der Waals surface area contributed by atoms with Crippen LogP contribution in [-0.2, 0) is 58.8 Å². The zero-order valence-electron chi connectivity index (χ0n) is 67.8. The highest BCUT2D eigenvalue weighted by atomic mass is 16.2. The Labute approximate surface area is 685 Å². The second-order valence-corrected chi connectivity index (χ2v) is 32.1. The predicted octanol–water partition coefficient (Wildman–Crippen LogP) is 10.4. The van der Waals surface area contributed by atoms with Crippen molar-refractivity contribution in [1.29, 1.82) is 0 Å². The lowest BCUT2D eigenvalue weighted by atomic mass is 9.82. The highest BCUT2D eigenvalue weighted by Gasteiger charge is 2.23. The van der Waals surface area contributed by atoms with Crippen LogP contribution in [0.25, 0.3) is 88.8 Å². The van der Waals surface area contributed by atoms with Crippen LogP contribution in [0.15, 0.2) is 122 Å². The fourth-order valence-corrected chi connectivity index (χ4v) is 16.4. The van der Waals surface area contributed by atoms with Gasteiger partial charge in [-0.25, -0.2) is 77.8 Å². The number of unbranched alkanes of at least 4 members (excludes halogenated alkanes) is 2. The van der Waals surface area contributed by atoms with E-state index in [2.05, 4.69) is 125 Å². The summed E-state index contributed by atoms with van der Waals surface area (Å²) in [5.74, 6) is 6.00. The van der Waals surface area contributed by atoms with Crippen LogP contribution in [0, 0.1) is 45.4 Å². The summed E-state index contributed by atoms with van der Waals surface area (Å²) in [5.41, 5.74) is 39.1. The van der Waals surface area contributed by atoms with Crippen LogP contribution in [-0.4, -0.2) is 138 Å². The third-order valence-electron chi connectivity index (χ3n) is 23.5. The van der Waals surface area contributed by atoms with E-state index >= 15 is 0 Å². The van der Waals surface area contributed by atoms with Crippen molar-refractivity contribution in [2.45, 2.75) is 202 Å². The number of imidazole rings is 4. The van der Waals surface area contributed by atoms with Gasteiger partial charge in [0.1, 0.15) is 67.4 Å². The van der Waals surface area contributed by atoms with Crippen molar-refractivity contribution in [3.05, 3.63) is 196 Å². The van der Waals surface area contributed by atoms with Crippen LogP contribution >= 0.6 is 0 Å². The standard InChI is InChI=1S/C23H24N8O.C21H26N8O.2C20H24N8O/c1-15-25-21(24)20-22(26-15)30(23(32)27-20)14-17-10-11-19-18(13-17)28-29-31(19)12-6-5-9-16-7-3-2-4-8-16;1-13-23-19(22)18-20(24-13)28(21(30)25-18)12-15-8-9-17-16(11-15)26-27-29(17)10-3-2-5-14-6-4-7-14;2*1-12-22-18(21)17-19(23-12)27(20(29)24-17)11-14-7-8-16-15(10-14)25-26-28(16)9-3-6-13-4-2-5-13/h2-4,7-8,10-11,13H,5-6,9,12,14H2,1H3,(H,27,32)(H2,24,25,26);8-9,11,14H,2-7,10,12H2,1H3,(H,25,30)(H2,22,23,24);2*7-8,10,13H,2-6,9,11H2,1H3,(H,24,29)(H2,21,22,23). The van der Waals surface area contributed by atoms with Gasteiger partial charge in [0.25, 0.3) is 0 Å². The smallest absolute Gasteiger partial charge is 0.328 e. The maximum atomic E-state index is 12.5. The van der Waals surface area contributed by atoms with E-state index < -0.39 is 0 Å². The molecule has 0 saturated heterocycles. The molecule has 12 aromatic heterocycles. The zero-order chi connectivity index (χ0) is 82.7. The summed E-state index contributed by atoms with van der Waals surface area (Å²) in [6, 6.07) is 34.5.